The standard InChI is InChI=1S/C12H14F3NS.ClH/c1-8(2)7-11(16)9-3-5-10(6-4-9)17-12(13,14)15;/h3-6,11H,1,7,16H2,2H3;1H/t11-;/m0./s1. The molecule has 0 aliphatic rings. The Labute approximate surface area is 115 Å². The van der Waals surface area contributed by atoms with Crippen molar-refractivity contribution in [1.29, 1.82) is 0 Å². The van der Waals surface area contributed by atoms with Crippen LogP contribution in [0.15, 0.2) is 41.3 Å². The van der Waals surface area contributed by atoms with Crippen molar-refractivity contribution >= 4 is 24.2 Å². The maximum atomic E-state index is 12.1. The van der Waals surface area contributed by atoms with Gasteiger partial charge < -0.3 is 5.73 Å². The number of rotatable bonds is 4. The molecule has 0 heterocycles. The van der Waals surface area contributed by atoms with Crippen molar-refractivity contribution < 1.29 is 13.2 Å². The molecule has 0 aliphatic carbocycles. The summed E-state index contributed by atoms with van der Waals surface area (Å²) in [7, 11) is 0. The Kier molecular flexibility index (Phi) is 6.81. The first-order chi connectivity index (χ1) is 7.78. The van der Waals surface area contributed by atoms with E-state index in [9.17, 15) is 13.2 Å². The zero-order valence-electron chi connectivity index (χ0n) is 9.83. The number of hydrogen-bond acceptors (Lipinski definition) is 2. The lowest BCUT2D eigenvalue weighted by Gasteiger charge is -2.12. The summed E-state index contributed by atoms with van der Waals surface area (Å²) in [6.45, 7) is 5.62. The second-order valence-electron chi connectivity index (χ2n) is 3.88. The van der Waals surface area contributed by atoms with E-state index in [1.54, 1.807) is 12.1 Å². The molecule has 18 heavy (non-hydrogen) atoms. The zero-order valence-corrected chi connectivity index (χ0v) is 11.5. The second-order valence-corrected chi connectivity index (χ2v) is 5.02. The summed E-state index contributed by atoms with van der Waals surface area (Å²) < 4.78 is 36.3. The molecule has 1 nitrogen and oxygen atoms in total. The minimum absolute atomic E-state index is 0. The Morgan fingerprint density at radius 1 is 1.33 bits per heavy atom. The normalized spacial score (nSPS) is 12.7. The predicted octanol–water partition coefficient (Wildman–Crippen LogP) is 4.69. The lowest BCUT2D eigenvalue weighted by molar-refractivity contribution is -0.0328. The van der Waals surface area contributed by atoms with Crippen molar-refractivity contribution in [2.75, 3.05) is 0 Å². The van der Waals surface area contributed by atoms with Gasteiger partial charge in [-0.1, -0.05) is 17.7 Å². The first kappa shape index (κ1) is 17.4. The molecule has 1 atom stereocenters. The van der Waals surface area contributed by atoms with Crippen molar-refractivity contribution in [2.45, 2.75) is 29.8 Å². The number of hydrogen-bond donors (Lipinski definition) is 1. The lowest BCUT2D eigenvalue weighted by Crippen LogP contribution is -2.10. The molecule has 6 heteroatoms. The fourth-order valence-electron chi connectivity index (χ4n) is 1.41. The van der Waals surface area contributed by atoms with Gasteiger partial charge in [0.2, 0.25) is 0 Å². The van der Waals surface area contributed by atoms with Crippen LogP contribution in [-0.4, -0.2) is 5.51 Å². The summed E-state index contributed by atoms with van der Waals surface area (Å²) in [6.07, 6.45) is 0.631. The monoisotopic (exact) mass is 297 g/mol. The van der Waals surface area contributed by atoms with Gasteiger partial charge >= 0.3 is 5.51 Å². The average molecular weight is 298 g/mol. The van der Waals surface area contributed by atoms with Crippen LogP contribution in [0.4, 0.5) is 13.2 Å². The third-order valence-electron chi connectivity index (χ3n) is 2.11. The summed E-state index contributed by atoms with van der Waals surface area (Å²) in [5.74, 6) is 0. The van der Waals surface area contributed by atoms with E-state index in [2.05, 4.69) is 6.58 Å². The number of nitrogens with two attached hydrogens (primary N) is 1. The molecular weight excluding hydrogens is 283 g/mol. The molecule has 0 saturated carbocycles. The summed E-state index contributed by atoms with van der Waals surface area (Å²) in [6, 6.07) is 5.92. The maximum Gasteiger partial charge on any atom is 0.446 e. The van der Waals surface area contributed by atoms with Crippen LogP contribution >= 0.6 is 24.2 Å². The molecule has 0 aliphatic heterocycles. The van der Waals surface area contributed by atoms with Gasteiger partial charge in [0.05, 0.1) is 0 Å². The zero-order chi connectivity index (χ0) is 13.1. The van der Waals surface area contributed by atoms with E-state index in [4.69, 9.17) is 5.73 Å². The van der Waals surface area contributed by atoms with Crippen molar-refractivity contribution in [1.82, 2.24) is 0 Å². The van der Waals surface area contributed by atoms with E-state index in [-0.39, 0.29) is 35.1 Å². The largest absolute Gasteiger partial charge is 0.446 e. The highest BCUT2D eigenvalue weighted by molar-refractivity contribution is 8.00. The molecule has 0 unspecified atom stereocenters. The highest BCUT2D eigenvalue weighted by Crippen LogP contribution is 2.37. The number of alkyl halides is 3. The van der Waals surface area contributed by atoms with Crippen molar-refractivity contribution in [3.8, 4) is 0 Å². The third-order valence-corrected chi connectivity index (χ3v) is 2.85. The molecule has 0 radical (unpaired) electrons. The Hall–Kier alpha value is -0.650. The molecule has 0 saturated heterocycles. The van der Waals surface area contributed by atoms with E-state index in [0.29, 0.717) is 6.42 Å². The average Bonchev–Trinajstić information content (AvgIpc) is 2.15. The van der Waals surface area contributed by atoms with Gasteiger partial charge in [0.15, 0.2) is 0 Å². The number of benzene rings is 1. The van der Waals surface area contributed by atoms with Crippen LogP contribution in [0.1, 0.15) is 24.9 Å². The minimum Gasteiger partial charge on any atom is -0.324 e. The molecule has 2 N–H and O–H groups in total. The van der Waals surface area contributed by atoms with Gasteiger partial charge in [0.25, 0.3) is 0 Å². The van der Waals surface area contributed by atoms with Gasteiger partial charge in [-0.2, -0.15) is 13.2 Å². The van der Waals surface area contributed by atoms with E-state index >= 15 is 0 Å². The maximum absolute atomic E-state index is 12.1. The van der Waals surface area contributed by atoms with Gasteiger partial charge in [0, 0.05) is 10.9 Å². The smallest absolute Gasteiger partial charge is 0.324 e. The van der Waals surface area contributed by atoms with Crippen LogP contribution in [0, 0.1) is 0 Å². The minimum atomic E-state index is -4.25. The van der Waals surface area contributed by atoms with Crippen LogP contribution in [0.2, 0.25) is 0 Å². The van der Waals surface area contributed by atoms with Crippen LogP contribution in [0.5, 0.6) is 0 Å². The second kappa shape index (κ2) is 7.07. The van der Waals surface area contributed by atoms with Gasteiger partial charge in [-0.05, 0) is 42.8 Å². The molecule has 0 aromatic heterocycles. The molecule has 0 amide bonds. The third kappa shape index (κ3) is 6.33. The predicted molar refractivity (Wildman–Crippen MR) is 72.0 cm³/mol. The van der Waals surface area contributed by atoms with E-state index < -0.39 is 5.51 Å². The Morgan fingerprint density at radius 3 is 2.22 bits per heavy atom. The number of thioether (sulfide) groups is 1. The summed E-state index contributed by atoms with van der Waals surface area (Å²) in [5.41, 5.74) is 3.40. The van der Waals surface area contributed by atoms with Gasteiger partial charge in [-0.3, -0.25) is 0 Å². The molecule has 0 spiro atoms. The Bertz CT molecular complexity index is 389. The summed E-state index contributed by atoms with van der Waals surface area (Å²) in [5, 5.41) is 0. The Morgan fingerprint density at radius 2 is 1.83 bits per heavy atom. The van der Waals surface area contributed by atoms with Gasteiger partial charge in [-0.15, -0.1) is 19.0 Å². The molecule has 1 aromatic rings. The topological polar surface area (TPSA) is 26.0 Å². The summed E-state index contributed by atoms with van der Waals surface area (Å²) in [4.78, 5) is 0.170. The number of halogens is 4. The molecule has 1 rings (SSSR count). The van der Waals surface area contributed by atoms with Gasteiger partial charge in [-0.25, -0.2) is 0 Å². The van der Waals surface area contributed by atoms with Crippen LogP contribution in [-0.2, 0) is 0 Å². The molecule has 0 fully saturated rings. The van der Waals surface area contributed by atoms with Crippen LogP contribution in [0.25, 0.3) is 0 Å². The summed E-state index contributed by atoms with van der Waals surface area (Å²) >= 11 is -0.123. The first-order valence-corrected chi connectivity index (χ1v) is 5.85. The highest BCUT2D eigenvalue weighted by atomic mass is 35.5. The van der Waals surface area contributed by atoms with Crippen molar-refractivity contribution in [2.24, 2.45) is 5.73 Å². The first-order valence-electron chi connectivity index (χ1n) is 5.03. The molecular formula is C12H15ClF3NS. The molecule has 0 bridgehead atoms. The highest BCUT2D eigenvalue weighted by Gasteiger charge is 2.29. The quantitative estimate of drug-likeness (QED) is 0.645. The molecule has 102 valence electrons. The Balaban J connectivity index is 0.00000289. The van der Waals surface area contributed by atoms with Crippen molar-refractivity contribution in [3.05, 3.63) is 42.0 Å². The van der Waals surface area contributed by atoms with Crippen LogP contribution in [0.3, 0.4) is 0 Å². The van der Waals surface area contributed by atoms with Crippen molar-refractivity contribution in [3.63, 3.8) is 0 Å². The fourth-order valence-corrected chi connectivity index (χ4v) is 1.95. The van der Waals surface area contributed by atoms with Gasteiger partial charge in [0.1, 0.15) is 0 Å². The van der Waals surface area contributed by atoms with E-state index in [1.807, 2.05) is 6.92 Å². The van der Waals surface area contributed by atoms with E-state index in [1.165, 1.54) is 12.1 Å². The SMILES string of the molecule is C=C(C)C[C@H](N)c1ccc(SC(F)(F)F)cc1.Cl. The molecule has 1 aromatic carbocycles. The van der Waals surface area contributed by atoms with Crippen LogP contribution < -0.4 is 5.73 Å². The fraction of sp³-hybridized carbons (Fsp3) is 0.333. The van der Waals surface area contributed by atoms with E-state index in [0.717, 1.165) is 11.1 Å². The lowest BCUT2D eigenvalue weighted by atomic mass is 10.0.